The maximum Gasteiger partial charge on any atom is 0.122 e. The van der Waals surface area contributed by atoms with E-state index in [0.29, 0.717) is 12.8 Å². The van der Waals surface area contributed by atoms with Crippen LogP contribution in [0.5, 0.6) is 0 Å². The molecule has 0 amide bonds. The minimum absolute atomic E-state index is 0.299. The second-order valence-corrected chi connectivity index (χ2v) is 2.98. The fourth-order valence-electron chi connectivity index (χ4n) is 1.29. The third-order valence-electron chi connectivity index (χ3n) is 2.01. The predicted octanol–water partition coefficient (Wildman–Crippen LogP) is 1.25. The molecule has 0 bridgehead atoms. The van der Waals surface area contributed by atoms with E-state index < -0.39 is 0 Å². The lowest BCUT2D eigenvalue weighted by molar-refractivity contribution is 0.00210. The minimum Gasteiger partial charge on any atom is -0.379 e. The molecule has 1 unspecified atom stereocenters. The highest BCUT2D eigenvalue weighted by molar-refractivity contribution is 4.89. The zero-order chi connectivity index (χ0) is 8.23. The highest BCUT2D eigenvalue weighted by Gasteiger charge is 2.15. The molecule has 0 N–H and O–H groups in total. The average molecular weight is 167 g/mol. The maximum atomic E-state index is 5.59. The summed E-state index contributed by atoms with van der Waals surface area (Å²) in [6.07, 6.45) is 5.32. The van der Waals surface area contributed by atoms with Gasteiger partial charge in [0.25, 0.3) is 0 Å². The Balaban J connectivity index is 1.74. The average Bonchev–Trinajstić information content (AvgIpc) is 2.74. The lowest BCUT2D eigenvalue weighted by Gasteiger charge is -2.09. The number of hydrogen-bond acceptors (Lipinski definition) is 2. The summed E-state index contributed by atoms with van der Waals surface area (Å²) in [5.74, 6) is 0. The Morgan fingerprint density at radius 1 is 1.42 bits per heavy atom. The zero-order valence-corrected chi connectivity index (χ0v) is 6.98. The van der Waals surface area contributed by atoms with Crippen LogP contribution in [0.2, 0.25) is 0 Å². The normalized spacial score (nSPS) is 23.2. The summed E-state index contributed by atoms with van der Waals surface area (Å²) in [7, 11) is 0. The highest BCUT2D eigenvalue weighted by atomic mass is 16.5. The van der Waals surface area contributed by atoms with Crippen LogP contribution in [0, 0.1) is 0 Å². The molecule has 1 fully saturated rings. The highest BCUT2D eigenvalue weighted by Crippen LogP contribution is 2.08. The van der Waals surface area contributed by atoms with Gasteiger partial charge in [-0.15, -0.1) is 0 Å². The van der Waals surface area contributed by atoms with Gasteiger partial charge in [0, 0.05) is 19.0 Å². The van der Waals surface area contributed by atoms with E-state index in [1.54, 1.807) is 0 Å². The minimum atomic E-state index is 0.299. The van der Waals surface area contributed by atoms with Crippen molar-refractivity contribution >= 4 is 0 Å². The van der Waals surface area contributed by atoms with Crippen LogP contribution in [0.25, 0.3) is 0 Å². The molecule has 0 saturated carbocycles. The predicted molar refractivity (Wildman–Crippen MR) is 44.7 cm³/mol. The Bertz CT molecular complexity index is 214. The van der Waals surface area contributed by atoms with Crippen molar-refractivity contribution in [3.8, 4) is 0 Å². The third-order valence-corrected chi connectivity index (χ3v) is 2.01. The molecule has 0 spiro atoms. The third kappa shape index (κ3) is 1.87. The Morgan fingerprint density at radius 3 is 2.92 bits per heavy atom. The second-order valence-electron chi connectivity index (χ2n) is 2.98. The van der Waals surface area contributed by atoms with Crippen LogP contribution < -0.4 is 0 Å². The van der Waals surface area contributed by atoms with E-state index in [4.69, 9.17) is 9.47 Å². The zero-order valence-electron chi connectivity index (χ0n) is 6.98. The van der Waals surface area contributed by atoms with Gasteiger partial charge in [0.2, 0.25) is 0 Å². The van der Waals surface area contributed by atoms with Crippen LogP contribution in [-0.4, -0.2) is 23.9 Å². The molecule has 3 heteroatoms. The number of ether oxygens (including phenoxy) is 2. The molecule has 1 aliphatic heterocycles. The van der Waals surface area contributed by atoms with E-state index in [1.165, 1.54) is 0 Å². The lowest BCUT2D eigenvalue weighted by Crippen LogP contribution is -2.14. The molecule has 2 heterocycles. The first kappa shape index (κ1) is 7.83. The van der Waals surface area contributed by atoms with E-state index in [1.807, 2.05) is 29.1 Å². The molecule has 0 aliphatic carbocycles. The lowest BCUT2D eigenvalue weighted by atomic mass is 10.3. The summed E-state index contributed by atoms with van der Waals surface area (Å²) < 4.78 is 12.8. The smallest absolute Gasteiger partial charge is 0.122 e. The summed E-state index contributed by atoms with van der Waals surface area (Å²) in [6.45, 7) is 2.23. The number of aromatic nitrogens is 1. The molecule has 66 valence electrons. The number of nitrogens with zero attached hydrogens (tertiary/aromatic N) is 1. The van der Waals surface area contributed by atoms with Crippen LogP contribution in [0.15, 0.2) is 24.5 Å². The van der Waals surface area contributed by atoms with E-state index in [9.17, 15) is 0 Å². The van der Waals surface area contributed by atoms with Gasteiger partial charge in [-0.3, -0.25) is 0 Å². The van der Waals surface area contributed by atoms with Gasteiger partial charge < -0.3 is 14.0 Å². The van der Waals surface area contributed by atoms with Gasteiger partial charge >= 0.3 is 0 Å². The van der Waals surface area contributed by atoms with Gasteiger partial charge in [-0.2, -0.15) is 0 Å². The summed E-state index contributed by atoms with van der Waals surface area (Å²) in [4.78, 5) is 0. The van der Waals surface area contributed by atoms with Crippen molar-refractivity contribution in [3.05, 3.63) is 24.5 Å². The van der Waals surface area contributed by atoms with Crippen LogP contribution in [0.4, 0.5) is 0 Å². The van der Waals surface area contributed by atoms with Crippen molar-refractivity contribution in [3.63, 3.8) is 0 Å². The maximum absolute atomic E-state index is 5.59. The van der Waals surface area contributed by atoms with Crippen LogP contribution in [0.3, 0.4) is 0 Å². The van der Waals surface area contributed by atoms with Crippen molar-refractivity contribution in [2.45, 2.75) is 19.3 Å². The standard InChI is InChI=1S/C9H13NO2/c1-2-5-10(4-1)8-12-9-3-6-11-7-9/h1-2,4-5,9H,3,6-8H2. The summed E-state index contributed by atoms with van der Waals surface area (Å²) in [6, 6.07) is 3.99. The molecule has 2 rings (SSSR count). The first-order valence-electron chi connectivity index (χ1n) is 4.25. The van der Waals surface area contributed by atoms with Gasteiger partial charge in [0.1, 0.15) is 6.73 Å². The molecular formula is C9H13NO2. The molecule has 1 saturated heterocycles. The molecule has 12 heavy (non-hydrogen) atoms. The second kappa shape index (κ2) is 3.74. The fraction of sp³-hybridized carbons (Fsp3) is 0.556. The Kier molecular flexibility index (Phi) is 2.44. The molecule has 3 nitrogen and oxygen atoms in total. The summed E-state index contributed by atoms with van der Waals surface area (Å²) >= 11 is 0. The van der Waals surface area contributed by atoms with E-state index in [-0.39, 0.29) is 0 Å². The molecule has 0 radical (unpaired) electrons. The molecule has 1 atom stereocenters. The molecule has 1 aromatic rings. The Hall–Kier alpha value is -0.800. The van der Waals surface area contributed by atoms with Gasteiger partial charge in [-0.1, -0.05) is 0 Å². The summed E-state index contributed by atoms with van der Waals surface area (Å²) in [5, 5.41) is 0. The molecule has 1 aliphatic rings. The number of hydrogen-bond donors (Lipinski definition) is 0. The van der Waals surface area contributed by atoms with Gasteiger partial charge in [-0.05, 0) is 18.6 Å². The van der Waals surface area contributed by atoms with Crippen molar-refractivity contribution < 1.29 is 9.47 Å². The van der Waals surface area contributed by atoms with Crippen LogP contribution in [-0.2, 0) is 16.2 Å². The largest absolute Gasteiger partial charge is 0.379 e. The Labute approximate surface area is 71.9 Å². The SMILES string of the molecule is c1ccn(COC2CCOC2)c1. The van der Waals surface area contributed by atoms with Gasteiger partial charge in [0.15, 0.2) is 0 Å². The summed E-state index contributed by atoms with van der Waals surface area (Å²) in [5.41, 5.74) is 0. The van der Waals surface area contributed by atoms with Crippen molar-refractivity contribution in [1.29, 1.82) is 0 Å². The monoisotopic (exact) mass is 167 g/mol. The Morgan fingerprint density at radius 2 is 2.25 bits per heavy atom. The van der Waals surface area contributed by atoms with Gasteiger partial charge in [0.05, 0.1) is 12.7 Å². The van der Waals surface area contributed by atoms with Crippen LogP contribution in [0.1, 0.15) is 6.42 Å². The van der Waals surface area contributed by atoms with Crippen molar-refractivity contribution in [1.82, 2.24) is 4.57 Å². The topological polar surface area (TPSA) is 23.4 Å². The van der Waals surface area contributed by atoms with E-state index in [2.05, 4.69) is 0 Å². The van der Waals surface area contributed by atoms with E-state index in [0.717, 1.165) is 19.6 Å². The first-order valence-corrected chi connectivity index (χ1v) is 4.25. The fourth-order valence-corrected chi connectivity index (χ4v) is 1.29. The number of rotatable bonds is 3. The van der Waals surface area contributed by atoms with Crippen molar-refractivity contribution in [2.24, 2.45) is 0 Å². The quantitative estimate of drug-likeness (QED) is 0.676. The van der Waals surface area contributed by atoms with Crippen molar-refractivity contribution in [2.75, 3.05) is 13.2 Å². The molecular weight excluding hydrogens is 154 g/mol. The van der Waals surface area contributed by atoms with E-state index >= 15 is 0 Å². The van der Waals surface area contributed by atoms with Crippen LogP contribution >= 0.6 is 0 Å². The molecule has 1 aromatic heterocycles. The molecule has 0 aromatic carbocycles. The first-order chi connectivity index (χ1) is 5.95. The van der Waals surface area contributed by atoms with Gasteiger partial charge in [-0.25, -0.2) is 0 Å².